The molecule has 2 N–H and O–H groups in total. The van der Waals surface area contributed by atoms with Crippen LogP contribution in [-0.4, -0.2) is 11.0 Å². The fourth-order valence-corrected chi connectivity index (χ4v) is 2.19. The molecule has 0 aliphatic rings. The Morgan fingerprint density at radius 2 is 1.79 bits per heavy atom. The Labute approximate surface area is 124 Å². The van der Waals surface area contributed by atoms with Crippen molar-refractivity contribution in [1.29, 1.82) is 0 Å². The van der Waals surface area contributed by atoms with E-state index in [0.717, 1.165) is 0 Å². The summed E-state index contributed by atoms with van der Waals surface area (Å²) in [4.78, 5) is 12.0. The number of phenolic OH excluding ortho intramolecular Hbond substituents is 1. The molecule has 0 saturated heterocycles. The lowest BCUT2D eigenvalue weighted by Gasteiger charge is -2.08. The fourth-order valence-electron chi connectivity index (χ4n) is 1.50. The summed E-state index contributed by atoms with van der Waals surface area (Å²) in [5.41, 5.74) is 0.505. The highest BCUT2D eigenvalue weighted by Gasteiger charge is 2.15. The maximum absolute atomic E-state index is 12.0. The van der Waals surface area contributed by atoms with Crippen LogP contribution in [-0.2, 0) is 0 Å². The van der Waals surface area contributed by atoms with Gasteiger partial charge in [0.15, 0.2) is 0 Å². The fraction of sp³-hybridized carbons (Fsp3) is 0. The Balaban J connectivity index is 2.30. The van der Waals surface area contributed by atoms with Gasteiger partial charge in [0.2, 0.25) is 0 Å². The van der Waals surface area contributed by atoms with Gasteiger partial charge in [-0.05, 0) is 30.3 Å². The largest absolute Gasteiger partial charge is 0.506 e. The summed E-state index contributed by atoms with van der Waals surface area (Å²) < 4.78 is 0. The van der Waals surface area contributed by atoms with E-state index in [1.54, 1.807) is 24.3 Å². The van der Waals surface area contributed by atoms with Gasteiger partial charge < -0.3 is 10.4 Å². The van der Waals surface area contributed by atoms with Gasteiger partial charge in [0.25, 0.3) is 5.91 Å². The van der Waals surface area contributed by atoms with Crippen LogP contribution in [0.4, 0.5) is 5.69 Å². The van der Waals surface area contributed by atoms with Crippen LogP contribution < -0.4 is 5.32 Å². The van der Waals surface area contributed by atoms with Crippen molar-refractivity contribution in [3.8, 4) is 5.75 Å². The molecule has 2 rings (SSSR count). The van der Waals surface area contributed by atoms with E-state index >= 15 is 0 Å². The normalized spacial score (nSPS) is 10.3. The Morgan fingerprint density at radius 1 is 1.05 bits per heavy atom. The van der Waals surface area contributed by atoms with Crippen LogP contribution in [0.15, 0.2) is 36.4 Å². The quantitative estimate of drug-likeness (QED) is 0.850. The molecule has 1 amide bonds. The Hall–Kier alpha value is -1.42. The number of anilines is 1. The van der Waals surface area contributed by atoms with Crippen LogP contribution in [0, 0.1) is 0 Å². The maximum atomic E-state index is 12.0. The van der Waals surface area contributed by atoms with Crippen molar-refractivity contribution in [2.75, 3.05) is 5.32 Å². The van der Waals surface area contributed by atoms with Crippen LogP contribution in [0.2, 0.25) is 15.1 Å². The van der Waals surface area contributed by atoms with Crippen LogP contribution in [0.5, 0.6) is 5.75 Å². The third-order valence-corrected chi connectivity index (χ3v) is 3.10. The summed E-state index contributed by atoms with van der Waals surface area (Å²) in [6.45, 7) is 0. The lowest BCUT2D eigenvalue weighted by atomic mass is 10.2. The first-order chi connectivity index (χ1) is 8.97. The van der Waals surface area contributed by atoms with Gasteiger partial charge in [-0.3, -0.25) is 4.79 Å². The minimum Gasteiger partial charge on any atom is -0.506 e. The van der Waals surface area contributed by atoms with Crippen LogP contribution in [0.25, 0.3) is 0 Å². The summed E-state index contributed by atoms with van der Waals surface area (Å²) in [5, 5.41) is 13.1. The molecule has 0 unspecified atom stereocenters. The average Bonchev–Trinajstić information content (AvgIpc) is 2.33. The van der Waals surface area contributed by atoms with Gasteiger partial charge in [0.1, 0.15) is 5.75 Å². The zero-order valence-electron chi connectivity index (χ0n) is 9.45. The van der Waals surface area contributed by atoms with E-state index in [9.17, 15) is 9.90 Å². The number of rotatable bonds is 2. The van der Waals surface area contributed by atoms with E-state index in [0.29, 0.717) is 10.7 Å². The van der Waals surface area contributed by atoms with E-state index in [4.69, 9.17) is 34.8 Å². The van der Waals surface area contributed by atoms with Gasteiger partial charge in [-0.1, -0.05) is 40.9 Å². The van der Waals surface area contributed by atoms with Gasteiger partial charge in [-0.25, -0.2) is 0 Å². The highest BCUT2D eigenvalue weighted by Crippen LogP contribution is 2.31. The molecule has 0 fully saturated rings. The molecule has 0 saturated carbocycles. The minimum absolute atomic E-state index is 0.00234. The molecular formula is C13H8Cl3NO2. The van der Waals surface area contributed by atoms with Crippen molar-refractivity contribution < 1.29 is 9.90 Å². The Bertz CT molecular complexity index is 644. The van der Waals surface area contributed by atoms with Gasteiger partial charge in [-0.2, -0.15) is 0 Å². The predicted octanol–water partition coefficient (Wildman–Crippen LogP) is 4.60. The van der Waals surface area contributed by atoms with Crippen molar-refractivity contribution in [2.24, 2.45) is 0 Å². The number of carbonyl (C=O) groups is 1. The molecule has 0 aliphatic heterocycles. The van der Waals surface area contributed by atoms with Gasteiger partial charge in [0.05, 0.1) is 10.6 Å². The van der Waals surface area contributed by atoms with Crippen molar-refractivity contribution in [2.45, 2.75) is 0 Å². The molecule has 3 nitrogen and oxygen atoms in total. The van der Waals surface area contributed by atoms with E-state index < -0.39 is 5.91 Å². The SMILES string of the molecule is O=C(Nc1cccc(Cl)c1)c1cc(Cl)cc(Cl)c1O. The van der Waals surface area contributed by atoms with Gasteiger partial charge in [0, 0.05) is 15.7 Å². The maximum Gasteiger partial charge on any atom is 0.259 e. The molecule has 0 aliphatic carbocycles. The topological polar surface area (TPSA) is 49.3 Å². The van der Waals surface area contributed by atoms with Crippen molar-refractivity contribution in [3.63, 3.8) is 0 Å². The summed E-state index contributed by atoms with van der Waals surface area (Å²) >= 11 is 17.4. The molecule has 0 bridgehead atoms. The van der Waals surface area contributed by atoms with Crippen molar-refractivity contribution >= 4 is 46.4 Å². The molecule has 6 heteroatoms. The third-order valence-electron chi connectivity index (χ3n) is 2.36. The summed E-state index contributed by atoms with van der Waals surface area (Å²) in [7, 11) is 0. The zero-order chi connectivity index (χ0) is 14.0. The van der Waals surface area contributed by atoms with Crippen LogP contribution in [0.1, 0.15) is 10.4 Å². The lowest BCUT2D eigenvalue weighted by Crippen LogP contribution is -2.12. The first kappa shape index (κ1) is 14.0. The van der Waals surface area contributed by atoms with E-state index in [-0.39, 0.29) is 21.4 Å². The summed E-state index contributed by atoms with van der Waals surface area (Å²) in [6.07, 6.45) is 0. The highest BCUT2D eigenvalue weighted by molar-refractivity contribution is 6.36. The molecule has 0 spiro atoms. The number of phenols is 1. The number of halogens is 3. The average molecular weight is 317 g/mol. The predicted molar refractivity (Wildman–Crippen MR) is 77.5 cm³/mol. The second-order valence-corrected chi connectivity index (χ2v) is 5.03. The van der Waals surface area contributed by atoms with Crippen LogP contribution in [0.3, 0.4) is 0 Å². The Morgan fingerprint density at radius 3 is 2.47 bits per heavy atom. The Kier molecular flexibility index (Phi) is 4.20. The number of benzene rings is 2. The number of hydrogen-bond donors (Lipinski definition) is 2. The highest BCUT2D eigenvalue weighted by atomic mass is 35.5. The second-order valence-electron chi connectivity index (χ2n) is 3.75. The van der Waals surface area contributed by atoms with E-state index in [2.05, 4.69) is 5.32 Å². The molecule has 2 aromatic carbocycles. The molecule has 0 radical (unpaired) electrons. The van der Waals surface area contributed by atoms with Gasteiger partial charge >= 0.3 is 0 Å². The molecule has 0 atom stereocenters. The summed E-state index contributed by atoms with van der Waals surface area (Å²) in [5.74, 6) is -0.838. The number of carbonyl (C=O) groups excluding carboxylic acids is 1. The first-order valence-electron chi connectivity index (χ1n) is 5.22. The minimum atomic E-state index is -0.524. The second kappa shape index (κ2) is 5.70. The third kappa shape index (κ3) is 3.32. The van der Waals surface area contributed by atoms with E-state index in [1.807, 2.05) is 0 Å². The molecule has 2 aromatic rings. The molecule has 0 aromatic heterocycles. The number of amides is 1. The van der Waals surface area contributed by atoms with Crippen molar-refractivity contribution in [1.82, 2.24) is 0 Å². The van der Waals surface area contributed by atoms with Crippen LogP contribution >= 0.6 is 34.8 Å². The monoisotopic (exact) mass is 315 g/mol. The smallest absolute Gasteiger partial charge is 0.259 e. The number of hydrogen-bond acceptors (Lipinski definition) is 2. The lowest BCUT2D eigenvalue weighted by molar-refractivity contribution is 0.102. The van der Waals surface area contributed by atoms with Crippen molar-refractivity contribution in [3.05, 3.63) is 57.0 Å². The van der Waals surface area contributed by atoms with E-state index in [1.165, 1.54) is 12.1 Å². The first-order valence-corrected chi connectivity index (χ1v) is 6.35. The number of aromatic hydroxyl groups is 1. The zero-order valence-corrected chi connectivity index (χ0v) is 11.7. The molecular weight excluding hydrogens is 309 g/mol. The summed E-state index contributed by atoms with van der Waals surface area (Å²) in [6, 6.07) is 9.33. The molecule has 98 valence electrons. The standard InChI is InChI=1S/C13H8Cl3NO2/c14-7-2-1-3-9(4-7)17-13(19)10-5-8(15)6-11(16)12(10)18/h1-6,18H,(H,17,19). The van der Waals surface area contributed by atoms with Gasteiger partial charge in [-0.15, -0.1) is 0 Å². The molecule has 19 heavy (non-hydrogen) atoms. The molecule has 0 heterocycles. The number of nitrogens with one attached hydrogen (secondary N) is 1.